The third-order valence-corrected chi connectivity index (χ3v) is 4.45. The van der Waals surface area contributed by atoms with E-state index in [0.717, 1.165) is 15.7 Å². The van der Waals surface area contributed by atoms with Gasteiger partial charge in [0.1, 0.15) is 0 Å². The minimum absolute atomic E-state index is 0.290. The largest absolute Gasteiger partial charge is 0.298 e. The lowest BCUT2D eigenvalue weighted by Gasteiger charge is -2.04. The fraction of sp³-hybridized carbons (Fsp3) is 0. The molecule has 22 heavy (non-hydrogen) atoms. The predicted octanol–water partition coefficient (Wildman–Crippen LogP) is 4.87. The Bertz CT molecular complexity index is 823. The summed E-state index contributed by atoms with van der Waals surface area (Å²) in [4.78, 5) is 20.6. The van der Waals surface area contributed by atoms with Gasteiger partial charge in [0.25, 0.3) is 5.91 Å². The summed E-state index contributed by atoms with van der Waals surface area (Å²) in [5.74, 6) is -0.290. The lowest BCUT2D eigenvalue weighted by molar-refractivity contribution is 0.102. The van der Waals surface area contributed by atoms with Gasteiger partial charge in [0.15, 0.2) is 5.13 Å². The summed E-state index contributed by atoms with van der Waals surface area (Å²) in [7, 11) is 0. The molecular formula is C15H9BrClN3OS. The zero-order valence-corrected chi connectivity index (χ0v) is 14.2. The van der Waals surface area contributed by atoms with Crippen LogP contribution in [0.15, 0.2) is 52.6 Å². The van der Waals surface area contributed by atoms with Crippen LogP contribution in [0, 0.1) is 0 Å². The highest BCUT2D eigenvalue weighted by Gasteiger charge is 2.13. The van der Waals surface area contributed by atoms with Crippen molar-refractivity contribution in [2.24, 2.45) is 0 Å². The summed E-state index contributed by atoms with van der Waals surface area (Å²) in [5.41, 5.74) is 2.15. The van der Waals surface area contributed by atoms with Crippen LogP contribution >= 0.6 is 38.9 Å². The molecule has 1 aromatic carbocycles. The Morgan fingerprint density at radius 2 is 2.00 bits per heavy atom. The van der Waals surface area contributed by atoms with E-state index in [9.17, 15) is 4.79 Å². The van der Waals surface area contributed by atoms with E-state index in [2.05, 4.69) is 31.2 Å². The van der Waals surface area contributed by atoms with Gasteiger partial charge in [0, 0.05) is 27.8 Å². The Labute approximate surface area is 144 Å². The van der Waals surface area contributed by atoms with Crippen molar-refractivity contribution in [1.29, 1.82) is 0 Å². The Morgan fingerprint density at radius 1 is 1.23 bits per heavy atom. The third-order valence-electron chi connectivity index (χ3n) is 2.87. The van der Waals surface area contributed by atoms with Crippen molar-refractivity contribution < 1.29 is 4.79 Å². The number of benzene rings is 1. The van der Waals surface area contributed by atoms with Crippen molar-refractivity contribution in [2.45, 2.75) is 0 Å². The zero-order valence-electron chi connectivity index (χ0n) is 11.1. The van der Waals surface area contributed by atoms with Crippen molar-refractivity contribution in [3.8, 4) is 11.3 Å². The van der Waals surface area contributed by atoms with Crippen molar-refractivity contribution >= 4 is 49.9 Å². The normalized spacial score (nSPS) is 10.5. The summed E-state index contributed by atoms with van der Waals surface area (Å²) in [6, 6.07) is 8.86. The number of anilines is 1. The van der Waals surface area contributed by atoms with Gasteiger partial charge in [-0.2, -0.15) is 0 Å². The number of nitrogens with one attached hydrogen (secondary N) is 1. The van der Waals surface area contributed by atoms with Crippen LogP contribution in [0.4, 0.5) is 5.13 Å². The number of carbonyl (C=O) groups is 1. The van der Waals surface area contributed by atoms with Crippen LogP contribution in [0.1, 0.15) is 10.4 Å². The van der Waals surface area contributed by atoms with Crippen LogP contribution in [-0.2, 0) is 0 Å². The fourth-order valence-electron chi connectivity index (χ4n) is 1.82. The molecule has 0 unspecified atom stereocenters. The molecule has 2 heterocycles. The first-order valence-electron chi connectivity index (χ1n) is 6.26. The topological polar surface area (TPSA) is 54.9 Å². The van der Waals surface area contributed by atoms with Crippen LogP contribution in [-0.4, -0.2) is 15.9 Å². The summed E-state index contributed by atoms with van der Waals surface area (Å²) >= 11 is 10.7. The molecule has 0 saturated heterocycles. The first-order valence-corrected chi connectivity index (χ1v) is 8.31. The molecule has 0 radical (unpaired) electrons. The smallest absolute Gasteiger partial charge is 0.258 e. The van der Waals surface area contributed by atoms with Crippen LogP contribution in [0.5, 0.6) is 0 Å². The lowest BCUT2D eigenvalue weighted by Crippen LogP contribution is -2.12. The molecule has 3 rings (SSSR count). The number of aromatic nitrogens is 2. The predicted molar refractivity (Wildman–Crippen MR) is 92.5 cm³/mol. The molecule has 0 saturated carbocycles. The number of hydrogen-bond donors (Lipinski definition) is 1. The molecule has 110 valence electrons. The SMILES string of the molecule is O=C(Nc1nc(-c2ccncc2)cs1)c1cc(Br)ccc1Cl. The van der Waals surface area contributed by atoms with Gasteiger partial charge in [-0.15, -0.1) is 11.3 Å². The van der Waals surface area contributed by atoms with E-state index in [-0.39, 0.29) is 5.91 Å². The molecule has 0 spiro atoms. The maximum absolute atomic E-state index is 12.3. The van der Waals surface area contributed by atoms with Gasteiger partial charge in [-0.1, -0.05) is 27.5 Å². The summed E-state index contributed by atoms with van der Waals surface area (Å²) in [6.07, 6.45) is 3.41. The number of rotatable bonds is 3. The third kappa shape index (κ3) is 3.35. The second kappa shape index (κ2) is 6.56. The number of amides is 1. The van der Waals surface area contributed by atoms with Gasteiger partial charge < -0.3 is 0 Å². The minimum atomic E-state index is -0.290. The molecule has 0 bridgehead atoms. The summed E-state index contributed by atoms with van der Waals surface area (Å²) < 4.78 is 0.790. The number of pyridine rings is 1. The van der Waals surface area contributed by atoms with E-state index >= 15 is 0 Å². The van der Waals surface area contributed by atoms with E-state index in [1.54, 1.807) is 30.6 Å². The summed E-state index contributed by atoms with van der Waals surface area (Å²) in [5, 5.41) is 5.56. The Balaban J connectivity index is 1.81. The molecule has 3 aromatic rings. The van der Waals surface area contributed by atoms with E-state index in [0.29, 0.717) is 15.7 Å². The standard InChI is InChI=1S/C15H9BrClN3OS/c16-10-1-2-12(17)11(7-10)14(21)20-15-19-13(8-22-15)9-3-5-18-6-4-9/h1-8H,(H,19,20,21). The van der Waals surface area contributed by atoms with E-state index in [1.165, 1.54) is 11.3 Å². The molecular weight excluding hydrogens is 386 g/mol. The highest BCUT2D eigenvalue weighted by molar-refractivity contribution is 9.10. The number of thiazole rings is 1. The second-order valence-electron chi connectivity index (χ2n) is 4.35. The highest BCUT2D eigenvalue weighted by atomic mass is 79.9. The molecule has 0 aliphatic rings. The summed E-state index contributed by atoms with van der Waals surface area (Å²) in [6.45, 7) is 0. The van der Waals surface area contributed by atoms with Crippen LogP contribution in [0.3, 0.4) is 0 Å². The minimum Gasteiger partial charge on any atom is -0.298 e. The Hall–Kier alpha value is -1.76. The van der Waals surface area contributed by atoms with E-state index < -0.39 is 0 Å². The maximum atomic E-state index is 12.3. The van der Waals surface area contributed by atoms with E-state index in [4.69, 9.17) is 11.6 Å². The Morgan fingerprint density at radius 3 is 2.77 bits per heavy atom. The van der Waals surface area contributed by atoms with Gasteiger partial charge >= 0.3 is 0 Å². The van der Waals surface area contributed by atoms with Crippen LogP contribution in [0.2, 0.25) is 5.02 Å². The molecule has 2 aromatic heterocycles. The monoisotopic (exact) mass is 393 g/mol. The van der Waals surface area contributed by atoms with Gasteiger partial charge in [-0.25, -0.2) is 4.98 Å². The quantitative estimate of drug-likeness (QED) is 0.689. The van der Waals surface area contributed by atoms with Gasteiger partial charge in [0.05, 0.1) is 16.3 Å². The van der Waals surface area contributed by atoms with Crippen molar-refractivity contribution in [3.63, 3.8) is 0 Å². The molecule has 0 aliphatic carbocycles. The molecule has 7 heteroatoms. The van der Waals surface area contributed by atoms with E-state index in [1.807, 2.05) is 17.5 Å². The lowest BCUT2D eigenvalue weighted by atomic mass is 10.2. The molecule has 0 fully saturated rings. The van der Waals surface area contributed by atoms with Gasteiger partial charge in [-0.3, -0.25) is 15.1 Å². The van der Waals surface area contributed by atoms with Crippen molar-refractivity contribution in [3.05, 3.63) is 63.2 Å². The zero-order chi connectivity index (χ0) is 15.5. The molecule has 4 nitrogen and oxygen atoms in total. The molecule has 0 aliphatic heterocycles. The fourth-order valence-corrected chi connectivity index (χ4v) is 3.10. The average Bonchev–Trinajstić information content (AvgIpc) is 2.99. The molecule has 1 amide bonds. The molecule has 0 atom stereocenters. The van der Waals surface area contributed by atoms with Gasteiger partial charge in [0.2, 0.25) is 0 Å². The number of nitrogens with zero attached hydrogens (tertiary/aromatic N) is 2. The molecule has 1 N–H and O–H groups in total. The average molecular weight is 395 g/mol. The second-order valence-corrected chi connectivity index (χ2v) is 6.53. The highest BCUT2D eigenvalue weighted by Crippen LogP contribution is 2.26. The first-order chi connectivity index (χ1) is 10.6. The number of hydrogen-bond acceptors (Lipinski definition) is 4. The number of carbonyl (C=O) groups excluding carboxylic acids is 1. The van der Waals surface area contributed by atoms with Crippen molar-refractivity contribution in [1.82, 2.24) is 9.97 Å². The maximum Gasteiger partial charge on any atom is 0.258 e. The Kier molecular flexibility index (Phi) is 4.52. The number of halogens is 2. The van der Waals surface area contributed by atoms with Crippen LogP contribution in [0.25, 0.3) is 11.3 Å². The first kappa shape index (κ1) is 15.1. The van der Waals surface area contributed by atoms with Gasteiger partial charge in [-0.05, 0) is 30.3 Å². The van der Waals surface area contributed by atoms with Crippen molar-refractivity contribution in [2.75, 3.05) is 5.32 Å². The van der Waals surface area contributed by atoms with Crippen LogP contribution < -0.4 is 5.32 Å².